The van der Waals surface area contributed by atoms with Gasteiger partial charge in [0.2, 0.25) is 0 Å². The highest BCUT2D eigenvalue weighted by atomic mass is 16.5. The van der Waals surface area contributed by atoms with E-state index in [1.807, 2.05) is 29.2 Å². The number of aromatic hydroxyl groups is 1. The van der Waals surface area contributed by atoms with Gasteiger partial charge in [-0.15, -0.1) is 0 Å². The lowest BCUT2D eigenvalue weighted by Crippen LogP contribution is -2.39. The van der Waals surface area contributed by atoms with Crippen LogP contribution in [0, 0.1) is 0 Å². The van der Waals surface area contributed by atoms with E-state index in [-0.39, 0.29) is 29.4 Å². The fourth-order valence-corrected chi connectivity index (χ4v) is 5.22. The third-order valence-corrected chi connectivity index (χ3v) is 6.71. The molecule has 0 saturated heterocycles. The number of carboxylic acid groups (broad SMARTS) is 1. The Morgan fingerprint density at radius 2 is 1.88 bits per heavy atom. The topological polar surface area (TPSA) is 96.3 Å². The van der Waals surface area contributed by atoms with Crippen LogP contribution in [0.1, 0.15) is 42.7 Å². The molecule has 2 unspecified atom stereocenters. The number of Topliss-reactive ketones (excluding diaryl/α,β-unsaturated/α-hetero) is 1. The fourth-order valence-electron chi connectivity index (χ4n) is 5.22. The van der Waals surface area contributed by atoms with Crippen LogP contribution in [-0.2, 0) is 14.3 Å². The lowest BCUT2D eigenvalue weighted by atomic mass is 9.71. The van der Waals surface area contributed by atoms with Gasteiger partial charge in [0.1, 0.15) is 11.5 Å². The number of ketones is 1. The van der Waals surface area contributed by atoms with Gasteiger partial charge >= 0.3 is 5.97 Å². The van der Waals surface area contributed by atoms with Crippen LogP contribution >= 0.6 is 0 Å². The summed E-state index contributed by atoms with van der Waals surface area (Å²) in [6.07, 6.45) is 0.809. The van der Waals surface area contributed by atoms with Crippen molar-refractivity contribution in [3.05, 3.63) is 82.2 Å². The maximum Gasteiger partial charge on any atom is 0.334 e. The Bertz CT molecular complexity index is 1180. The third kappa shape index (κ3) is 4.19. The van der Waals surface area contributed by atoms with E-state index >= 15 is 0 Å². The number of hydrogen-bond donors (Lipinski definition) is 2. The second-order valence-corrected chi connectivity index (χ2v) is 8.61. The lowest BCUT2D eigenvalue weighted by Gasteiger charge is -2.42. The first-order valence-electron chi connectivity index (χ1n) is 11.3. The molecule has 0 spiro atoms. The van der Waals surface area contributed by atoms with Gasteiger partial charge in [-0.3, -0.25) is 4.79 Å². The normalized spacial score (nSPS) is 20.4. The van der Waals surface area contributed by atoms with Gasteiger partial charge in [-0.2, -0.15) is 0 Å². The highest BCUT2D eigenvalue weighted by molar-refractivity contribution is 6.04. The number of para-hydroxylation sites is 1. The molecule has 0 fully saturated rings. The van der Waals surface area contributed by atoms with E-state index < -0.39 is 11.9 Å². The number of ether oxygens (including phenoxy) is 2. The zero-order chi connectivity index (χ0) is 24.4. The lowest BCUT2D eigenvalue weighted by molar-refractivity contribution is -0.133. The summed E-state index contributed by atoms with van der Waals surface area (Å²) >= 11 is 0. The Morgan fingerprint density at radius 3 is 2.56 bits per heavy atom. The van der Waals surface area contributed by atoms with Crippen molar-refractivity contribution in [2.24, 2.45) is 0 Å². The molecular weight excluding hydrogens is 434 g/mol. The molecule has 7 nitrogen and oxygen atoms in total. The summed E-state index contributed by atoms with van der Waals surface area (Å²) in [4.78, 5) is 28.1. The highest BCUT2D eigenvalue weighted by Gasteiger charge is 2.44. The Kier molecular flexibility index (Phi) is 6.75. The van der Waals surface area contributed by atoms with E-state index in [1.54, 1.807) is 33.3 Å². The number of carbonyl (C=O) groups is 2. The van der Waals surface area contributed by atoms with Crippen molar-refractivity contribution in [3.63, 3.8) is 0 Å². The molecule has 0 bridgehead atoms. The largest absolute Gasteiger partial charge is 0.508 e. The molecule has 7 heteroatoms. The molecular formula is C27H29NO6. The smallest absolute Gasteiger partial charge is 0.334 e. The number of methoxy groups -OCH3 is 2. The molecule has 2 atom stereocenters. The summed E-state index contributed by atoms with van der Waals surface area (Å²) in [7, 11) is 3.21. The summed E-state index contributed by atoms with van der Waals surface area (Å²) in [5, 5.41) is 20.3. The van der Waals surface area contributed by atoms with Crippen LogP contribution < -0.4 is 4.74 Å². The minimum atomic E-state index is -1.08. The quantitative estimate of drug-likeness (QED) is 0.635. The minimum Gasteiger partial charge on any atom is -0.508 e. The molecule has 4 rings (SSSR count). The highest BCUT2D eigenvalue weighted by Crippen LogP contribution is 2.50. The molecule has 1 aliphatic heterocycles. The third-order valence-electron chi connectivity index (χ3n) is 6.71. The zero-order valence-electron chi connectivity index (χ0n) is 19.6. The number of rotatable bonds is 7. The van der Waals surface area contributed by atoms with Crippen molar-refractivity contribution < 1.29 is 29.3 Å². The Labute approximate surface area is 198 Å². The second-order valence-electron chi connectivity index (χ2n) is 8.61. The van der Waals surface area contributed by atoms with Gasteiger partial charge in [-0.1, -0.05) is 30.3 Å². The van der Waals surface area contributed by atoms with E-state index in [4.69, 9.17) is 9.47 Å². The first kappa shape index (κ1) is 23.6. The molecule has 2 aliphatic rings. The van der Waals surface area contributed by atoms with Gasteiger partial charge in [0, 0.05) is 48.9 Å². The van der Waals surface area contributed by atoms with Crippen LogP contribution in [0.15, 0.2) is 71.1 Å². The summed E-state index contributed by atoms with van der Waals surface area (Å²) in [5.41, 5.74) is 3.54. The predicted octanol–water partition coefficient (Wildman–Crippen LogP) is 4.21. The summed E-state index contributed by atoms with van der Waals surface area (Å²) in [5.74, 6) is -1.29. The van der Waals surface area contributed by atoms with Gasteiger partial charge in [0.05, 0.1) is 19.3 Å². The number of carbonyl (C=O) groups excluding carboxylic acids is 1. The van der Waals surface area contributed by atoms with Crippen LogP contribution in [0.4, 0.5) is 0 Å². The number of carboxylic acids is 1. The SMILES string of the molecule is COCCN1C(C)=C(C(=O)O)C(c2cccc(O)c2)C2=C1CC(c1ccccc1OC)CC2=O. The van der Waals surface area contributed by atoms with E-state index in [1.165, 1.54) is 12.1 Å². The van der Waals surface area contributed by atoms with Gasteiger partial charge in [-0.05, 0) is 42.7 Å². The Morgan fingerprint density at radius 1 is 1.12 bits per heavy atom. The average molecular weight is 464 g/mol. The number of phenols is 1. The first-order chi connectivity index (χ1) is 16.4. The van der Waals surface area contributed by atoms with Crippen molar-refractivity contribution >= 4 is 11.8 Å². The monoisotopic (exact) mass is 463 g/mol. The first-order valence-corrected chi connectivity index (χ1v) is 11.3. The van der Waals surface area contributed by atoms with Crippen molar-refractivity contribution in [2.45, 2.75) is 31.6 Å². The molecule has 178 valence electrons. The molecule has 2 aromatic rings. The molecule has 1 heterocycles. The van der Waals surface area contributed by atoms with Crippen molar-refractivity contribution in [1.29, 1.82) is 0 Å². The van der Waals surface area contributed by atoms with Gasteiger partial charge in [0.15, 0.2) is 5.78 Å². The van der Waals surface area contributed by atoms with Crippen LogP contribution in [0.3, 0.4) is 0 Å². The van der Waals surface area contributed by atoms with Gasteiger partial charge in [-0.25, -0.2) is 4.79 Å². The number of hydrogen-bond acceptors (Lipinski definition) is 6. The number of aliphatic carboxylic acids is 1. The molecule has 0 aromatic heterocycles. The molecule has 1 aliphatic carbocycles. The predicted molar refractivity (Wildman–Crippen MR) is 127 cm³/mol. The summed E-state index contributed by atoms with van der Waals surface area (Å²) in [6.45, 7) is 2.58. The minimum absolute atomic E-state index is 0.0269. The molecule has 0 amide bonds. The molecule has 2 aromatic carbocycles. The molecule has 2 N–H and O–H groups in total. The van der Waals surface area contributed by atoms with E-state index in [0.29, 0.717) is 36.4 Å². The van der Waals surface area contributed by atoms with E-state index in [9.17, 15) is 19.8 Å². The number of benzene rings is 2. The van der Waals surface area contributed by atoms with Crippen molar-refractivity contribution in [1.82, 2.24) is 4.90 Å². The zero-order valence-corrected chi connectivity index (χ0v) is 19.6. The molecule has 0 radical (unpaired) electrons. The number of phenolic OH excluding ortho intramolecular Hbond substituents is 1. The second kappa shape index (κ2) is 9.73. The van der Waals surface area contributed by atoms with Crippen LogP contribution in [-0.4, -0.2) is 54.2 Å². The maximum atomic E-state index is 13.7. The van der Waals surface area contributed by atoms with E-state index in [0.717, 1.165) is 17.0 Å². The van der Waals surface area contributed by atoms with Gasteiger partial charge in [0.25, 0.3) is 0 Å². The standard InChI is InChI=1S/C27H29NO6/c1-16-24(27(31)32)25(17-7-6-8-19(29)13-17)26-21(28(16)11-12-33-2)14-18(15-22(26)30)20-9-4-5-10-23(20)34-3/h4-10,13,18,25,29H,11-12,14-15H2,1-3H3,(H,31,32). The molecule has 34 heavy (non-hydrogen) atoms. The number of allylic oxidation sites excluding steroid dienone is 3. The maximum absolute atomic E-state index is 13.7. The van der Waals surface area contributed by atoms with Crippen molar-refractivity contribution in [2.75, 3.05) is 27.4 Å². The summed E-state index contributed by atoms with van der Waals surface area (Å²) in [6, 6.07) is 14.2. The van der Waals surface area contributed by atoms with Crippen molar-refractivity contribution in [3.8, 4) is 11.5 Å². The Balaban J connectivity index is 1.90. The van der Waals surface area contributed by atoms with Gasteiger partial charge < -0.3 is 24.6 Å². The van der Waals surface area contributed by atoms with Crippen LogP contribution in [0.25, 0.3) is 0 Å². The molecule has 0 saturated carbocycles. The van der Waals surface area contributed by atoms with E-state index in [2.05, 4.69) is 0 Å². The average Bonchev–Trinajstić information content (AvgIpc) is 2.82. The van der Waals surface area contributed by atoms with Crippen LogP contribution in [0.5, 0.6) is 11.5 Å². The fraction of sp³-hybridized carbons (Fsp3) is 0.333. The summed E-state index contributed by atoms with van der Waals surface area (Å²) < 4.78 is 10.9. The Hall–Kier alpha value is -3.58. The number of nitrogens with zero attached hydrogens (tertiary/aromatic N) is 1. The van der Waals surface area contributed by atoms with Crippen LogP contribution in [0.2, 0.25) is 0 Å².